The molecular weight excluding hydrogens is 96.1 g/mol. The van der Waals surface area contributed by atoms with Crippen molar-refractivity contribution in [2.45, 2.75) is 0 Å². The Labute approximate surface area is 39.1 Å². The Morgan fingerprint density at radius 2 is 1.00 bits per heavy atom. The van der Waals surface area contributed by atoms with E-state index in [0.29, 0.717) is 0 Å². The largest absolute Gasteiger partial charge is 0.283 e. The van der Waals surface area contributed by atoms with Crippen molar-refractivity contribution in [3.63, 3.8) is 0 Å². The summed E-state index contributed by atoms with van der Waals surface area (Å²) in [6.45, 7) is 0. The molecule has 0 aliphatic carbocycles. The third-order valence-corrected chi connectivity index (χ3v) is 0. The van der Waals surface area contributed by atoms with E-state index in [2.05, 4.69) is 0 Å². The SMILES string of the molecule is CS(C)(C)(C)=O. The highest BCUT2D eigenvalue weighted by molar-refractivity contribution is 8.17. The predicted octanol–water partition coefficient (Wildman–Crippen LogP) is 0.326. The molecule has 0 aliphatic rings. The van der Waals surface area contributed by atoms with Gasteiger partial charge in [-0.2, -0.15) is 0 Å². The molecule has 6 heavy (non-hydrogen) atoms. The summed E-state index contributed by atoms with van der Waals surface area (Å²) in [6, 6.07) is 0. The van der Waals surface area contributed by atoms with Gasteiger partial charge >= 0.3 is 0 Å². The summed E-state index contributed by atoms with van der Waals surface area (Å²) in [7, 11) is -2.10. The molecule has 0 atom stereocenters. The van der Waals surface area contributed by atoms with Crippen LogP contribution in [0.15, 0.2) is 0 Å². The van der Waals surface area contributed by atoms with Crippen LogP contribution in [0.5, 0.6) is 0 Å². The molecule has 0 aliphatic heterocycles. The average Bonchev–Trinajstić information content (AvgIpc) is 0.650. The second-order valence-electron chi connectivity index (χ2n) is 3.12. The molecule has 0 rings (SSSR count). The molecule has 0 fully saturated rings. The normalized spacial score (nSPS) is 19.0. The lowest BCUT2D eigenvalue weighted by Gasteiger charge is -2.19. The van der Waals surface area contributed by atoms with Gasteiger partial charge in [-0.3, -0.25) is 4.21 Å². The molecular formula is C4H12OS. The van der Waals surface area contributed by atoms with E-state index in [1.54, 1.807) is 25.0 Å². The Kier molecular flexibility index (Phi) is 0.882. The number of rotatable bonds is 0. The summed E-state index contributed by atoms with van der Waals surface area (Å²) in [5, 5.41) is 0. The number of hydrogen-bond acceptors (Lipinski definition) is 1. The van der Waals surface area contributed by atoms with E-state index in [1.807, 2.05) is 0 Å². The Morgan fingerprint density at radius 3 is 1.00 bits per heavy atom. The molecule has 0 N–H and O–H groups in total. The van der Waals surface area contributed by atoms with E-state index in [0.717, 1.165) is 0 Å². The van der Waals surface area contributed by atoms with Gasteiger partial charge in [0.2, 0.25) is 0 Å². The van der Waals surface area contributed by atoms with E-state index >= 15 is 0 Å². The zero-order chi connectivity index (χ0) is 5.45. The Morgan fingerprint density at radius 1 is 1.00 bits per heavy atom. The standard InChI is InChI=1S/C4H12OS/c1-6(2,3,4)5/h1-4H3. The summed E-state index contributed by atoms with van der Waals surface area (Å²) in [5.41, 5.74) is 0. The van der Waals surface area contributed by atoms with E-state index in [9.17, 15) is 4.21 Å². The average molecular weight is 108 g/mol. The molecule has 0 saturated heterocycles. The lowest BCUT2D eigenvalue weighted by molar-refractivity contribution is 0.673. The van der Waals surface area contributed by atoms with Crippen LogP contribution in [0.1, 0.15) is 0 Å². The van der Waals surface area contributed by atoms with Gasteiger partial charge in [-0.05, 0) is 25.0 Å². The molecule has 40 valence electrons. The highest BCUT2D eigenvalue weighted by Crippen LogP contribution is 2.02. The van der Waals surface area contributed by atoms with Crippen molar-refractivity contribution in [2.24, 2.45) is 0 Å². The van der Waals surface area contributed by atoms with Gasteiger partial charge in [0.25, 0.3) is 0 Å². The predicted molar refractivity (Wildman–Crippen MR) is 31.8 cm³/mol. The van der Waals surface area contributed by atoms with Crippen molar-refractivity contribution >= 4 is 9.07 Å². The topological polar surface area (TPSA) is 17.1 Å². The molecule has 0 saturated carbocycles. The second kappa shape index (κ2) is 0.861. The minimum absolute atomic E-state index is 1.76. The summed E-state index contributed by atoms with van der Waals surface area (Å²) in [5.74, 6) is 0. The Balaban J connectivity index is 4.16. The molecule has 0 bridgehead atoms. The number of hydrogen-bond donors (Lipinski definition) is 0. The molecule has 2 heteroatoms. The van der Waals surface area contributed by atoms with Crippen molar-refractivity contribution < 1.29 is 4.21 Å². The van der Waals surface area contributed by atoms with Crippen LogP contribution < -0.4 is 0 Å². The highest BCUT2D eigenvalue weighted by Gasteiger charge is 2.05. The molecule has 0 radical (unpaired) electrons. The highest BCUT2D eigenvalue weighted by atomic mass is 32.3. The van der Waals surface area contributed by atoms with Crippen LogP contribution in [-0.4, -0.2) is 29.2 Å². The van der Waals surface area contributed by atoms with E-state index < -0.39 is 9.07 Å². The molecule has 0 spiro atoms. The van der Waals surface area contributed by atoms with Gasteiger partial charge in [0.05, 0.1) is 0 Å². The van der Waals surface area contributed by atoms with Gasteiger partial charge in [-0.15, -0.1) is 9.07 Å². The van der Waals surface area contributed by atoms with Gasteiger partial charge in [0.15, 0.2) is 0 Å². The Hall–Kier alpha value is 0.150. The van der Waals surface area contributed by atoms with Gasteiger partial charge in [-0.1, -0.05) is 0 Å². The van der Waals surface area contributed by atoms with Gasteiger partial charge in [0.1, 0.15) is 0 Å². The lowest BCUT2D eigenvalue weighted by Crippen LogP contribution is -2.23. The van der Waals surface area contributed by atoms with Crippen molar-refractivity contribution in [1.29, 1.82) is 0 Å². The quantitative estimate of drug-likeness (QED) is 0.437. The summed E-state index contributed by atoms with van der Waals surface area (Å²) < 4.78 is 10.8. The molecule has 1 nitrogen and oxygen atoms in total. The maximum absolute atomic E-state index is 10.8. The van der Waals surface area contributed by atoms with E-state index in [4.69, 9.17) is 0 Å². The van der Waals surface area contributed by atoms with Crippen molar-refractivity contribution in [3.8, 4) is 0 Å². The monoisotopic (exact) mass is 108 g/mol. The second-order valence-corrected chi connectivity index (χ2v) is 9.35. The lowest BCUT2D eigenvalue weighted by atomic mass is 11.8. The fourth-order valence-corrected chi connectivity index (χ4v) is 0. The molecule has 0 aromatic heterocycles. The summed E-state index contributed by atoms with van der Waals surface area (Å²) in [6.07, 6.45) is 7.04. The van der Waals surface area contributed by atoms with Crippen molar-refractivity contribution in [1.82, 2.24) is 0 Å². The van der Waals surface area contributed by atoms with E-state index in [1.165, 1.54) is 0 Å². The Bertz CT molecular complexity index is 85.2. The zero-order valence-corrected chi connectivity index (χ0v) is 5.63. The summed E-state index contributed by atoms with van der Waals surface area (Å²) >= 11 is 0. The third kappa shape index (κ3) is 1830. The van der Waals surface area contributed by atoms with Crippen LogP contribution in [0, 0.1) is 0 Å². The van der Waals surface area contributed by atoms with Crippen LogP contribution in [0.25, 0.3) is 0 Å². The first-order chi connectivity index (χ1) is 2.24. The van der Waals surface area contributed by atoms with Crippen molar-refractivity contribution in [3.05, 3.63) is 0 Å². The molecule has 0 aromatic rings. The van der Waals surface area contributed by atoms with Gasteiger partial charge < -0.3 is 0 Å². The van der Waals surface area contributed by atoms with Gasteiger partial charge in [0, 0.05) is 0 Å². The first kappa shape index (κ1) is 6.15. The maximum atomic E-state index is 10.8. The third-order valence-electron chi connectivity index (χ3n) is 0. The smallest absolute Gasteiger partial charge is 0.00868 e. The first-order valence-electron chi connectivity index (χ1n) is 1.80. The van der Waals surface area contributed by atoms with Gasteiger partial charge in [-0.25, -0.2) is 0 Å². The summed E-state index contributed by atoms with van der Waals surface area (Å²) in [4.78, 5) is 0. The zero-order valence-electron chi connectivity index (χ0n) is 4.82. The van der Waals surface area contributed by atoms with Crippen molar-refractivity contribution in [2.75, 3.05) is 25.0 Å². The van der Waals surface area contributed by atoms with Crippen LogP contribution in [0.3, 0.4) is 0 Å². The van der Waals surface area contributed by atoms with Crippen LogP contribution in [0.2, 0.25) is 0 Å². The molecule has 0 unspecified atom stereocenters. The van der Waals surface area contributed by atoms with Crippen LogP contribution in [0.4, 0.5) is 0 Å². The van der Waals surface area contributed by atoms with Crippen LogP contribution >= 0.6 is 0 Å². The molecule has 0 amide bonds. The first-order valence-corrected chi connectivity index (χ1v) is 5.40. The minimum Gasteiger partial charge on any atom is -0.283 e. The molecule has 0 heterocycles. The molecule has 0 aromatic carbocycles. The van der Waals surface area contributed by atoms with Crippen LogP contribution in [-0.2, 0) is 9.07 Å². The van der Waals surface area contributed by atoms with E-state index in [-0.39, 0.29) is 0 Å². The minimum atomic E-state index is -2.10. The fourth-order valence-electron chi connectivity index (χ4n) is 0. The fraction of sp³-hybridized carbons (Fsp3) is 1.00. The maximum Gasteiger partial charge on any atom is -0.00868 e.